The molecule has 2 N–H and O–H groups in total. The molecule has 0 amide bonds. The van der Waals surface area contributed by atoms with Gasteiger partial charge in [0.25, 0.3) is 0 Å². The molecule has 1 rings (SSSR count). The smallest absolute Gasteiger partial charge is 0.303 e. The third kappa shape index (κ3) is 15.6. The molecule has 0 aliphatic heterocycles. The molecular weight excluding hydrogens is 412 g/mol. The molecule has 0 unspecified atom stereocenters. The van der Waals surface area contributed by atoms with E-state index in [2.05, 4.69) is 25.1 Å². The topological polar surface area (TPSA) is 74.6 Å². The van der Waals surface area contributed by atoms with Crippen molar-refractivity contribution < 1.29 is 19.8 Å². The number of hydrogen-bond acceptors (Lipinski definition) is 2. The monoisotopic (exact) mass is 460 g/mol. The standard InChI is InChI=1S/C29H48O4/c1-2-3-4-5-6-7-12-18-25-20-17-21-26(19-13-8-10-15-23-28(30)31)27(25)22-14-9-11-16-24-29(32)33/h17,20-21H,2-16,18-19,22-24H2,1H3,(H,30,31)(H,32,33). The largest absolute Gasteiger partial charge is 0.481 e. The van der Waals surface area contributed by atoms with E-state index in [-0.39, 0.29) is 12.8 Å². The van der Waals surface area contributed by atoms with Crippen molar-refractivity contribution in [3.8, 4) is 0 Å². The minimum Gasteiger partial charge on any atom is -0.481 e. The van der Waals surface area contributed by atoms with Crippen LogP contribution < -0.4 is 0 Å². The maximum absolute atomic E-state index is 10.7. The summed E-state index contributed by atoms with van der Waals surface area (Å²) in [7, 11) is 0. The summed E-state index contributed by atoms with van der Waals surface area (Å²) in [5.41, 5.74) is 4.52. The highest BCUT2D eigenvalue weighted by Gasteiger charge is 2.09. The molecule has 188 valence electrons. The predicted octanol–water partition coefficient (Wildman–Crippen LogP) is 8.13. The maximum atomic E-state index is 10.7. The third-order valence-corrected chi connectivity index (χ3v) is 6.57. The Morgan fingerprint density at radius 2 is 0.970 bits per heavy atom. The van der Waals surface area contributed by atoms with Gasteiger partial charge in [-0.15, -0.1) is 0 Å². The van der Waals surface area contributed by atoms with Crippen molar-refractivity contribution in [1.82, 2.24) is 0 Å². The van der Waals surface area contributed by atoms with E-state index in [1.807, 2.05) is 0 Å². The Hall–Kier alpha value is -1.84. The maximum Gasteiger partial charge on any atom is 0.303 e. The molecule has 1 aromatic carbocycles. The first-order valence-electron chi connectivity index (χ1n) is 13.6. The van der Waals surface area contributed by atoms with E-state index in [0.29, 0.717) is 0 Å². The molecule has 0 saturated carbocycles. The SMILES string of the molecule is CCCCCCCCCc1cccc(CCCCCCC(=O)O)c1CCCCCCC(=O)O. The van der Waals surface area contributed by atoms with Crippen LogP contribution in [0, 0.1) is 0 Å². The van der Waals surface area contributed by atoms with Gasteiger partial charge in [0.1, 0.15) is 0 Å². The molecule has 0 radical (unpaired) electrons. The highest BCUT2D eigenvalue weighted by atomic mass is 16.4. The normalized spacial score (nSPS) is 11.1. The molecule has 0 atom stereocenters. The van der Waals surface area contributed by atoms with Crippen LogP contribution in [0.25, 0.3) is 0 Å². The zero-order valence-electron chi connectivity index (χ0n) is 21.1. The average molecular weight is 461 g/mol. The first-order chi connectivity index (χ1) is 16.0. The molecule has 0 aliphatic carbocycles. The second-order valence-electron chi connectivity index (χ2n) is 9.54. The van der Waals surface area contributed by atoms with Gasteiger partial charge in [-0.05, 0) is 68.1 Å². The van der Waals surface area contributed by atoms with Gasteiger partial charge in [0, 0.05) is 12.8 Å². The van der Waals surface area contributed by atoms with Crippen LogP contribution in [0.3, 0.4) is 0 Å². The van der Waals surface area contributed by atoms with Gasteiger partial charge in [0.05, 0.1) is 0 Å². The molecule has 33 heavy (non-hydrogen) atoms. The molecule has 4 nitrogen and oxygen atoms in total. The lowest BCUT2D eigenvalue weighted by Gasteiger charge is -2.16. The molecule has 0 bridgehead atoms. The molecule has 0 aliphatic rings. The minimum atomic E-state index is -0.696. The summed E-state index contributed by atoms with van der Waals surface area (Å²) in [6.45, 7) is 2.26. The quantitative estimate of drug-likeness (QED) is 0.171. The van der Waals surface area contributed by atoms with Crippen LogP contribution in [0.4, 0.5) is 0 Å². The number of benzene rings is 1. The van der Waals surface area contributed by atoms with Gasteiger partial charge < -0.3 is 10.2 Å². The van der Waals surface area contributed by atoms with E-state index in [9.17, 15) is 9.59 Å². The van der Waals surface area contributed by atoms with E-state index < -0.39 is 11.9 Å². The fraction of sp³-hybridized carbons (Fsp3) is 0.724. The number of unbranched alkanes of at least 4 members (excludes halogenated alkanes) is 12. The number of hydrogen-bond donors (Lipinski definition) is 2. The molecule has 0 spiro atoms. The summed E-state index contributed by atoms with van der Waals surface area (Å²) in [4.78, 5) is 21.4. The van der Waals surface area contributed by atoms with Crippen molar-refractivity contribution in [2.45, 2.75) is 135 Å². The number of aryl methyl sites for hydroxylation is 2. The van der Waals surface area contributed by atoms with Crippen molar-refractivity contribution in [2.75, 3.05) is 0 Å². The van der Waals surface area contributed by atoms with E-state index >= 15 is 0 Å². The van der Waals surface area contributed by atoms with Crippen molar-refractivity contribution in [2.24, 2.45) is 0 Å². The van der Waals surface area contributed by atoms with Gasteiger partial charge in [0.2, 0.25) is 0 Å². The molecule has 0 fully saturated rings. The van der Waals surface area contributed by atoms with Gasteiger partial charge in [-0.25, -0.2) is 0 Å². The number of aliphatic carboxylic acids is 2. The summed E-state index contributed by atoms with van der Waals surface area (Å²) in [5, 5.41) is 17.6. The van der Waals surface area contributed by atoms with Crippen LogP contribution in [-0.2, 0) is 28.9 Å². The predicted molar refractivity (Wildman–Crippen MR) is 137 cm³/mol. The molecule has 0 aromatic heterocycles. The second-order valence-corrected chi connectivity index (χ2v) is 9.54. The Morgan fingerprint density at radius 1 is 0.576 bits per heavy atom. The Morgan fingerprint density at radius 3 is 1.42 bits per heavy atom. The van der Waals surface area contributed by atoms with Crippen molar-refractivity contribution in [1.29, 1.82) is 0 Å². The van der Waals surface area contributed by atoms with Gasteiger partial charge in [0.15, 0.2) is 0 Å². The van der Waals surface area contributed by atoms with E-state index in [4.69, 9.17) is 10.2 Å². The number of rotatable bonds is 22. The summed E-state index contributed by atoms with van der Waals surface area (Å²) in [6, 6.07) is 6.81. The molecule has 1 aromatic rings. The highest BCUT2D eigenvalue weighted by molar-refractivity contribution is 5.66. The van der Waals surface area contributed by atoms with Crippen LogP contribution in [0.5, 0.6) is 0 Å². The highest BCUT2D eigenvalue weighted by Crippen LogP contribution is 2.23. The third-order valence-electron chi connectivity index (χ3n) is 6.57. The van der Waals surface area contributed by atoms with Gasteiger partial charge in [-0.1, -0.05) is 89.3 Å². The van der Waals surface area contributed by atoms with E-state index in [0.717, 1.165) is 70.6 Å². The van der Waals surface area contributed by atoms with Gasteiger partial charge in [-0.3, -0.25) is 9.59 Å². The molecule has 4 heteroatoms. The Bertz CT molecular complexity index is 653. The fourth-order valence-electron chi connectivity index (χ4n) is 4.63. The second kappa shape index (κ2) is 19.6. The van der Waals surface area contributed by atoms with Crippen LogP contribution in [0.1, 0.15) is 133 Å². The van der Waals surface area contributed by atoms with E-state index in [1.54, 1.807) is 0 Å². The number of carboxylic acids is 2. The first kappa shape index (κ1) is 29.2. The van der Waals surface area contributed by atoms with Crippen LogP contribution in [-0.4, -0.2) is 22.2 Å². The summed E-state index contributed by atoms with van der Waals surface area (Å²) >= 11 is 0. The van der Waals surface area contributed by atoms with Crippen LogP contribution in [0.15, 0.2) is 18.2 Å². The Labute approximate surface area is 202 Å². The zero-order chi connectivity index (χ0) is 24.2. The first-order valence-corrected chi connectivity index (χ1v) is 13.6. The molecule has 0 heterocycles. The van der Waals surface area contributed by atoms with Crippen LogP contribution >= 0.6 is 0 Å². The minimum absolute atomic E-state index is 0.279. The molecular formula is C29H48O4. The van der Waals surface area contributed by atoms with Crippen LogP contribution in [0.2, 0.25) is 0 Å². The average Bonchev–Trinajstić information content (AvgIpc) is 2.78. The summed E-state index contributed by atoms with van der Waals surface area (Å²) in [5.74, 6) is -1.39. The van der Waals surface area contributed by atoms with Crippen molar-refractivity contribution >= 4 is 11.9 Å². The summed E-state index contributed by atoms with van der Waals surface area (Å²) < 4.78 is 0. The number of carboxylic acid groups (broad SMARTS) is 2. The van der Waals surface area contributed by atoms with Crippen molar-refractivity contribution in [3.63, 3.8) is 0 Å². The zero-order valence-corrected chi connectivity index (χ0v) is 21.1. The lowest BCUT2D eigenvalue weighted by Crippen LogP contribution is -2.02. The molecule has 0 saturated heterocycles. The fourth-order valence-corrected chi connectivity index (χ4v) is 4.63. The lowest BCUT2D eigenvalue weighted by molar-refractivity contribution is -0.138. The van der Waals surface area contributed by atoms with E-state index in [1.165, 1.54) is 61.6 Å². The summed E-state index contributed by atoms with van der Waals surface area (Å²) in [6.07, 6.45) is 21.1. The Kier molecular flexibility index (Phi) is 17.4. The lowest BCUT2D eigenvalue weighted by atomic mass is 9.90. The van der Waals surface area contributed by atoms with Gasteiger partial charge in [-0.2, -0.15) is 0 Å². The van der Waals surface area contributed by atoms with Gasteiger partial charge >= 0.3 is 11.9 Å². The number of carbonyl (C=O) groups is 2. The van der Waals surface area contributed by atoms with Crippen molar-refractivity contribution in [3.05, 3.63) is 34.9 Å². The Balaban J connectivity index is 2.55.